The molecule has 1 amide bonds. The molecule has 1 aliphatic rings. The summed E-state index contributed by atoms with van der Waals surface area (Å²) < 4.78 is 1.54. The van der Waals surface area contributed by atoms with Crippen molar-refractivity contribution < 1.29 is 14.7 Å². The summed E-state index contributed by atoms with van der Waals surface area (Å²) in [6.07, 6.45) is 1.68. The molecule has 1 aliphatic heterocycles. The molecular formula is C11H12N4O3S. The van der Waals surface area contributed by atoms with Crippen LogP contribution in [0.4, 0.5) is 5.82 Å². The summed E-state index contributed by atoms with van der Waals surface area (Å²) in [5.74, 6) is -0.792. The Morgan fingerprint density at radius 2 is 2.42 bits per heavy atom. The zero-order valence-corrected chi connectivity index (χ0v) is 11.0. The number of thiazole rings is 1. The van der Waals surface area contributed by atoms with Gasteiger partial charge in [-0.3, -0.25) is 9.20 Å². The van der Waals surface area contributed by atoms with Crippen LogP contribution < -0.4 is 10.2 Å². The maximum Gasteiger partial charge on any atom is 0.356 e. The van der Waals surface area contributed by atoms with E-state index in [1.165, 1.54) is 11.3 Å². The fourth-order valence-corrected chi connectivity index (χ4v) is 2.95. The van der Waals surface area contributed by atoms with E-state index in [2.05, 4.69) is 10.3 Å². The summed E-state index contributed by atoms with van der Waals surface area (Å²) in [5, 5.41) is 13.9. The molecule has 1 fully saturated rings. The lowest BCUT2D eigenvalue weighted by molar-refractivity contribution is -0.122. The standard InChI is InChI=1S/C11H12N4O3S/c1-6-9(16)12-2-3-14(6)8-7(10(17)18)15-4-5-19-11(15)13-8/h4-6H,2-3H2,1H3,(H,12,16)(H,17,18). The topological polar surface area (TPSA) is 86.9 Å². The van der Waals surface area contributed by atoms with Crippen molar-refractivity contribution in [1.82, 2.24) is 14.7 Å². The molecule has 0 aromatic carbocycles. The van der Waals surface area contributed by atoms with Crippen molar-refractivity contribution in [3.63, 3.8) is 0 Å². The van der Waals surface area contributed by atoms with E-state index in [9.17, 15) is 14.7 Å². The third-order valence-corrected chi connectivity index (χ3v) is 3.97. The van der Waals surface area contributed by atoms with Crippen LogP contribution in [0.5, 0.6) is 0 Å². The molecule has 0 bridgehead atoms. The highest BCUT2D eigenvalue weighted by molar-refractivity contribution is 7.15. The monoisotopic (exact) mass is 280 g/mol. The summed E-state index contributed by atoms with van der Waals surface area (Å²) in [5.41, 5.74) is 0.109. The molecule has 8 heteroatoms. The van der Waals surface area contributed by atoms with E-state index in [0.29, 0.717) is 23.9 Å². The van der Waals surface area contributed by atoms with E-state index in [1.807, 2.05) is 0 Å². The molecule has 3 rings (SSSR count). The van der Waals surface area contributed by atoms with Crippen LogP contribution >= 0.6 is 11.3 Å². The lowest BCUT2D eigenvalue weighted by atomic mass is 10.2. The molecule has 0 aliphatic carbocycles. The van der Waals surface area contributed by atoms with Crippen molar-refractivity contribution in [2.24, 2.45) is 0 Å². The smallest absolute Gasteiger partial charge is 0.356 e. The molecule has 2 N–H and O–H groups in total. The summed E-state index contributed by atoms with van der Waals surface area (Å²) in [4.78, 5) is 29.8. The van der Waals surface area contributed by atoms with Gasteiger partial charge >= 0.3 is 5.97 Å². The van der Waals surface area contributed by atoms with Crippen molar-refractivity contribution in [3.8, 4) is 0 Å². The van der Waals surface area contributed by atoms with Gasteiger partial charge in [-0.25, -0.2) is 9.78 Å². The molecule has 2 aromatic rings. The Bertz CT molecular complexity index is 662. The number of nitrogens with zero attached hydrogens (tertiary/aromatic N) is 3. The zero-order valence-electron chi connectivity index (χ0n) is 10.2. The van der Waals surface area contributed by atoms with Crippen molar-refractivity contribution in [1.29, 1.82) is 0 Å². The number of nitrogens with one attached hydrogen (secondary N) is 1. The average molecular weight is 280 g/mol. The Hall–Kier alpha value is -2.09. The van der Waals surface area contributed by atoms with Crippen LogP contribution in [-0.2, 0) is 4.79 Å². The molecule has 1 saturated heterocycles. The van der Waals surface area contributed by atoms with Crippen LogP contribution in [0.1, 0.15) is 17.4 Å². The number of aromatic carboxylic acids is 1. The second kappa shape index (κ2) is 4.23. The predicted molar refractivity (Wildman–Crippen MR) is 69.8 cm³/mol. The summed E-state index contributed by atoms with van der Waals surface area (Å²) in [7, 11) is 0. The quantitative estimate of drug-likeness (QED) is 0.832. The van der Waals surface area contributed by atoms with Crippen LogP contribution in [0.2, 0.25) is 0 Å². The largest absolute Gasteiger partial charge is 0.476 e. The van der Waals surface area contributed by atoms with Gasteiger partial charge in [0.2, 0.25) is 5.91 Å². The summed E-state index contributed by atoms with van der Waals surface area (Å²) >= 11 is 1.37. The third-order valence-electron chi connectivity index (χ3n) is 3.22. The number of carboxylic acid groups (broad SMARTS) is 1. The molecule has 1 atom stereocenters. The number of amides is 1. The van der Waals surface area contributed by atoms with Gasteiger partial charge in [-0.05, 0) is 6.92 Å². The Labute approximate surface area is 112 Å². The minimum absolute atomic E-state index is 0.109. The second-order valence-corrected chi connectivity index (χ2v) is 5.18. The number of carboxylic acids is 1. The molecule has 2 aromatic heterocycles. The van der Waals surface area contributed by atoms with Gasteiger partial charge in [0.1, 0.15) is 6.04 Å². The lowest BCUT2D eigenvalue weighted by Crippen LogP contribution is -2.54. The van der Waals surface area contributed by atoms with Crippen LogP contribution in [0.25, 0.3) is 4.96 Å². The van der Waals surface area contributed by atoms with E-state index >= 15 is 0 Å². The van der Waals surface area contributed by atoms with Gasteiger partial charge in [0.05, 0.1) is 0 Å². The van der Waals surface area contributed by atoms with Crippen LogP contribution in [0.3, 0.4) is 0 Å². The molecule has 100 valence electrons. The molecule has 19 heavy (non-hydrogen) atoms. The third kappa shape index (κ3) is 1.75. The molecule has 0 radical (unpaired) electrons. The highest BCUT2D eigenvalue weighted by Gasteiger charge is 2.32. The van der Waals surface area contributed by atoms with Gasteiger partial charge in [0, 0.05) is 24.7 Å². The van der Waals surface area contributed by atoms with Crippen LogP contribution in [0, 0.1) is 0 Å². The number of fused-ring (bicyclic) bond motifs is 1. The average Bonchev–Trinajstić information content (AvgIpc) is 2.91. The van der Waals surface area contributed by atoms with Crippen molar-refractivity contribution in [3.05, 3.63) is 17.3 Å². The lowest BCUT2D eigenvalue weighted by Gasteiger charge is -2.33. The number of carbonyl (C=O) groups excluding carboxylic acids is 1. The molecule has 0 saturated carbocycles. The van der Waals surface area contributed by atoms with Crippen LogP contribution in [-0.4, -0.2) is 45.5 Å². The van der Waals surface area contributed by atoms with E-state index in [1.54, 1.807) is 27.8 Å². The molecule has 7 nitrogen and oxygen atoms in total. The van der Waals surface area contributed by atoms with Crippen LogP contribution in [0.15, 0.2) is 11.6 Å². The Balaban J connectivity index is 2.13. The molecular weight excluding hydrogens is 268 g/mol. The highest BCUT2D eigenvalue weighted by atomic mass is 32.1. The van der Waals surface area contributed by atoms with Gasteiger partial charge in [-0.1, -0.05) is 0 Å². The Morgan fingerprint density at radius 1 is 1.63 bits per heavy atom. The number of aromatic nitrogens is 2. The molecule has 0 spiro atoms. The van der Waals surface area contributed by atoms with Crippen molar-refractivity contribution in [2.45, 2.75) is 13.0 Å². The minimum Gasteiger partial charge on any atom is -0.476 e. The number of piperazine rings is 1. The van der Waals surface area contributed by atoms with Crippen molar-refractivity contribution >= 4 is 34.0 Å². The Morgan fingerprint density at radius 3 is 3.16 bits per heavy atom. The first-order valence-electron chi connectivity index (χ1n) is 5.83. The van der Waals surface area contributed by atoms with Gasteiger partial charge in [0.25, 0.3) is 0 Å². The normalized spacial score (nSPS) is 19.7. The molecule has 3 heterocycles. The first-order valence-corrected chi connectivity index (χ1v) is 6.70. The minimum atomic E-state index is -1.04. The molecule has 1 unspecified atom stereocenters. The van der Waals surface area contributed by atoms with E-state index in [4.69, 9.17) is 0 Å². The number of carbonyl (C=O) groups is 2. The number of hydrogen-bond acceptors (Lipinski definition) is 5. The number of imidazole rings is 1. The fraction of sp³-hybridized carbons (Fsp3) is 0.364. The summed E-state index contributed by atoms with van der Waals surface area (Å²) in [6, 6.07) is -0.420. The first-order chi connectivity index (χ1) is 9.09. The van der Waals surface area contributed by atoms with E-state index < -0.39 is 12.0 Å². The summed E-state index contributed by atoms with van der Waals surface area (Å²) in [6.45, 7) is 2.79. The maximum absolute atomic E-state index is 11.7. The van der Waals surface area contributed by atoms with Gasteiger partial charge in [0.15, 0.2) is 16.5 Å². The van der Waals surface area contributed by atoms with E-state index in [0.717, 1.165) is 0 Å². The SMILES string of the molecule is CC1C(=O)NCCN1c1nc2sccn2c1C(=O)O. The maximum atomic E-state index is 11.7. The number of hydrogen-bond donors (Lipinski definition) is 2. The van der Waals surface area contributed by atoms with Gasteiger partial charge in [-0.15, -0.1) is 11.3 Å². The van der Waals surface area contributed by atoms with Gasteiger partial charge < -0.3 is 15.3 Å². The fourth-order valence-electron chi connectivity index (χ4n) is 2.25. The van der Waals surface area contributed by atoms with E-state index in [-0.39, 0.29) is 11.6 Å². The van der Waals surface area contributed by atoms with Gasteiger partial charge in [-0.2, -0.15) is 0 Å². The highest BCUT2D eigenvalue weighted by Crippen LogP contribution is 2.26. The zero-order chi connectivity index (χ0) is 13.6. The number of anilines is 1. The first kappa shape index (κ1) is 12.0. The predicted octanol–water partition coefficient (Wildman–Crippen LogP) is 0.419. The number of rotatable bonds is 2. The van der Waals surface area contributed by atoms with Crippen molar-refractivity contribution in [2.75, 3.05) is 18.0 Å². The Kier molecular flexibility index (Phi) is 2.67. The second-order valence-electron chi connectivity index (χ2n) is 4.31.